The number of aromatic nitrogens is 4. The van der Waals surface area contributed by atoms with Crippen LogP contribution in [0.3, 0.4) is 0 Å². The second-order valence-electron chi connectivity index (χ2n) is 9.73. The van der Waals surface area contributed by atoms with Crippen LogP contribution in [0.1, 0.15) is 49.7 Å². The Morgan fingerprint density at radius 1 is 1.15 bits per heavy atom. The van der Waals surface area contributed by atoms with Gasteiger partial charge in [0.1, 0.15) is 6.33 Å². The summed E-state index contributed by atoms with van der Waals surface area (Å²) >= 11 is 0. The van der Waals surface area contributed by atoms with Gasteiger partial charge < -0.3 is 14.5 Å². The maximum absolute atomic E-state index is 5.61. The zero-order valence-corrected chi connectivity index (χ0v) is 19.5. The lowest BCUT2D eigenvalue weighted by molar-refractivity contribution is -0.0712. The molecule has 172 valence electrons. The van der Waals surface area contributed by atoms with E-state index >= 15 is 0 Å². The highest BCUT2D eigenvalue weighted by Crippen LogP contribution is 2.39. The van der Waals surface area contributed by atoms with Crippen molar-refractivity contribution in [1.29, 1.82) is 0 Å². The van der Waals surface area contributed by atoms with E-state index in [9.17, 15) is 0 Å². The molecule has 0 unspecified atom stereocenters. The van der Waals surface area contributed by atoms with E-state index in [0.717, 1.165) is 35.9 Å². The second-order valence-corrected chi connectivity index (χ2v) is 9.73. The summed E-state index contributed by atoms with van der Waals surface area (Å²) in [5.41, 5.74) is 6.95. The number of rotatable bonds is 5. The zero-order chi connectivity index (χ0) is 22.5. The van der Waals surface area contributed by atoms with Crippen LogP contribution in [0.25, 0.3) is 27.8 Å². The standard InChI is InChI=1S/C26H31N5O2/c1-16(2)24-21-10-18(17-6-8-30(9-7-17)20-13-33-14-20)4-5-22(21)28-25(24)19-11-23(32-3)26-29-27-15-31(26)12-19/h4-5,10-12,15-17,20,28H,6-9,13-14H2,1-3H3. The van der Waals surface area contributed by atoms with Crippen LogP contribution in [0.4, 0.5) is 0 Å². The number of methoxy groups -OCH3 is 1. The number of nitrogens with one attached hydrogen (secondary N) is 1. The summed E-state index contributed by atoms with van der Waals surface area (Å²) in [6, 6.07) is 9.73. The van der Waals surface area contributed by atoms with Gasteiger partial charge in [0.05, 0.1) is 32.1 Å². The SMILES string of the molecule is COc1cc(-c2[nH]c3ccc(C4CCN(C5COC5)CC4)cc3c2C(C)C)cn2cnnc12. The molecule has 2 saturated heterocycles. The first kappa shape index (κ1) is 20.7. The summed E-state index contributed by atoms with van der Waals surface area (Å²) in [6.45, 7) is 8.70. The molecule has 1 aromatic carbocycles. The number of piperidine rings is 1. The minimum absolute atomic E-state index is 0.382. The summed E-state index contributed by atoms with van der Waals surface area (Å²) in [5.74, 6) is 1.73. The van der Waals surface area contributed by atoms with Gasteiger partial charge in [-0.05, 0) is 67.1 Å². The normalized spacial score (nSPS) is 18.4. The van der Waals surface area contributed by atoms with Crippen LogP contribution in [0.15, 0.2) is 36.8 Å². The fraction of sp³-hybridized carbons (Fsp3) is 0.462. The van der Waals surface area contributed by atoms with Gasteiger partial charge in [0.15, 0.2) is 5.75 Å². The molecule has 3 aromatic heterocycles. The van der Waals surface area contributed by atoms with Gasteiger partial charge in [-0.15, -0.1) is 10.2 Å². The summed E-state index contributed by atoms with van der Waals surface area (Å²) in [4.78, 5) is 6.32. The van der Waals surface area contributed by atoms with Crippen LogP contribution in [-0.4, -0.2) is 63.9 Å². The summed E-state index contributed by atoms with van der Waals surface area (Å²) in [6.07, 6.45) is 6.24. The van der Waals surface area contributed by atoms with Crippen molar-refractivity contribution in [2.45, 2.75) is 44.6 Å². The molecule has 0 bridgehead atoms. The van der Waals surface area contributed by atoms with Crippen LogP contribution in [0, 0.1) is 0 Å². The highest BCUT2D eigenvalue weighted by Gasteiger charge is 2.30. The number of fused-ring (bicyclic) bond motifs is 2. The van der Waals surface area contributed by atoms with Crippen LogP contribution in [-0.2, 0) is 4.74 Å². The number of ether oxygens (including phenoxy) is 2. The van der Waals surface area contributed by atoms with Gasteiger partial charge in [-0.3, -0.25) is 9.30 Å². The zero-order valence-electron chi connectivity index (χ0n) is 19.5. The molecule has 2 aliphatic heterocycles. The molecule has 0 aliphatic carbocycles. The van der Waals surface area contributed by atoms with E-state index in [-0.39, 0.29) is 0 Å². The number of aromatic amines is 1. The lowest BCUT2D eigenvalue weighted by Crippen LogP contribution is -2.51. The van der Waals surface area contributed by atoms with Gasteiger partial charge in [0.25, 0.3) is 0 Å². The molecule has 0 amide bonds. The predicted octanol–water partition coefficient (Wildman–Crippen LogP) is 4.59. The molecule has 2 aliphatic rings. The van der Waals surface area contributed by atoms with Crippen LogP contribution in [0.5, 0.6) is 5.75 Å². The van der Waals surface area contributed by atoms with Crippen LogP contribution >= 0.6 is 0 Å². The number of likely N-dealkylation sites (tertiary alicyclic amines) is 1. The minimum atomic E-state index is 0.382. The average molecular weight is 446 g/mol. The minimum Gasteiger partial charge on any atom is -0.493 e. The molecule has 7 nitrogen and oxygen atoms in total. The summed E-state index contributed by atoms with van der Waals surface area (Å²) in [7, 11) is 1.68. The maximum Gasteiger partial charge on any atom is 0.203 e. The molecule has 4 aromatic rings. The smallest absolute Gasteiger partial charge is 0.203 e. The Balaban J connectivity index is 1.38. The van der Waals surface area contributed by atoms with E-state index in [1.165, 1.54) is 48.0 Å². The molecule has 0 spiro atoms. The third kappa shape index (κ3) is 3.50. The fourth-order valence-electron chi connectivity index (χ4n) is 5.54. The first-order chi connectivity index (χ1) is 16.1. The molecule has 0 radical (unpaired) electrons. The highest BCUT2D eigenvalue weighted by atomic mass is 16.5. The Morgan fingerprint density at radius 2 is 1.97 bits per heavy atom. The Labute approximate surface area is 193 Å². The Bertz CT molecular complexity index is 1300. The van der Waals surface area contributed by atoms with E-state index in [1.807, 2.05) is 4.40 Å². The third-order valence-electron chi connectivity index (χ3n) is 7.44. The molecular weight excluding hydrogens is 414 g/mol. The Morgan fingerprint density at radius 3 is 2.67 bits per heavy atom. The maximum atomic E-state index is 5.61. The number of H-pyrrole nitrogens is 1. The van der Waals surface area contributed by atoms with Crippen molar-refractivity contribution < 1.29 is 9.47 Å². The van der Waals surface area contributed by atoms with Crippen molar-refractivity contribution in [2.75, 3.05) is 33.4 Å². The van der Waals surface area contributed by atoms with Crippen molar-refractivity contribution in [1.82, 2.24) is 24.5 Å². The summed E-state index contributed by atoms with van der Waals surface area (Å²) in [5, 5.41) is 9.56. The van der Waals surface area contributed by atoms with Crippen molar-refractivity contribution >= 4 is 16.6 Å². The Hall–Kier alpha value is -2.90. The van der Waals surface area contributed by atoms with Crippen molar-refractivity contribution in [3.8, 4) is 17.0 Å². The van der Waals surface area contributed by atoms with Gasteiger partial charge in [-0.25, -0.2) is 0 Å². The lowest BCUT2D eigenvalue weighted by atomic mass is 9.87. The van der Waals surface area contributed by atoms with E-state index in [4.69, 9.17) is 9.47 Å². The molecule has 2 fully saturated rings. The number of hydrogen-bond donors (Lipinski definition) is 1. The van der Waals surface area contributed by atoms with Gasteiger partial charge in [-0.1, -0.05) is 19.9 Å². The quantitative estimate of drug-likeness (QED) is 0.487. The van der Waals surface area contributed by atoms with E-state index in [2.05, 4.69) is 64.4 Å². The first-order valence-corrected chi connectivity index (χ1v) is 12.0. The third-order valence-corrected chi connectivity index (χ3v) is 7.44. The van der Waals surface area contributed by atoms with E-state index in [1.54, 1.807) is 13.4 Å². The number of hydrogen-bond acceptors (Lipinski definition) is 5. The fourth-order valence-corrected chi connectivity index (χ4v) is 5.54. The molecule has 1 N–H and O–H groups in total. The molecular formula is C26H31N5O2. The van der Waals surface area contributed by atoms with E-state index in [0.29, 0.717) is 17.9 Å². The van der Waals surface area contributed by atoms with Crippen molar-refractivity contribution in [3.05, 3.63) is 47.9 Å². The molecule has 0 atom stereocenters. The number of pyridine rings is 1. The van der Waals surface area contributed by atoms with Crippen molar-refractivity contribution in [2.24, 2.45) is 0 Å². The van der Waals surface area contributed by atoms with Gasteiger partial charge >= 0.3 is 0 Å². The second kappa shape index (κ2) is 8.15. The monoisotopic (exact) mass is 445 g/mol. The van der Waals surface area contributed by atoms with Crippen LogP contribution < -0.4 is 4.74 Å². The first-order valence-electron chi connectivity index (χ1n) is 12.0. The molecule has 7 heteroatoms. The largest absolute Gasteiger partial charge is 0.493 e. The number of nitrogens with zero attached hydrogens (tertiary/aromatic N) is 4. The van der Waals surface area contributed by atoms with E-state index < -0.39 is 0 Å². The Kier molecular flexibility index (Phi) is 5.11. The average Bonchev–Trinajstić information content (AvgIpc) is 3.41. The van der Waals surface area contributed by atoms with Crippen molar-refractivity contribution in [3.63, 3.8) is 0 Å². The van der Waals surface area contributed by atoms with Crippen LogP contribution in [0.2, 0.25) is 0 Å². The van der Waals surface area contributed by atoms with Gasteiger partial charge in [0.2, 0.25) is 5.65 Å². The summed E-state index contributed by atoms with van der Waals surface area (Å²) < 4.78 is 12.9. The molecule has 6 rings (SSSR count). The topological polar surface area (TPSA) is 67.7 Å². The molecule has 0 saturated carbocycles. The lowest BCUT2D eigenvalue weighted by Gasteiger charge is -2.41. The molecule has 5 heterocycles. The van der Waals surface area contributed by atoms with Gasteiger partial charge in [-0.2, -0.15) is 0 Å². The van der Waals surface area contributed by atoms with Gasteiger partial charge in [0, 0.05) is 22.7 Å². The molecule has 33 heavy (non-hydrogen) atoms. The highest BCUT2D eigenvalue weighted by molar-refractivity contribution is 5.92. The number of benzene rings is 1. The predicted molar refractivity (Wildman–Crippen MR) is 129 cm³/mol.